The Morgan fingerprint density at radius 3 is 2.67 bits per heavy atom. The Labute approximate surface area is 71.0 Å². The van der Waals surface area contributed by atoms with Crippen LogP contribution in [0, 0.1) is 5.92 Å². The van der Waals surface area contributed by atoms with Crippen molar-refractivity contribution >= 4 is 12.4 Å². The summed E-state index contributed by atoms with van der Waals surface area (Å²) in [5.74, 6) is 0.548. The highest BCUT2D eigenvalue weighted by Crippen LogP contribution is 2.29. The highest BCUT2D eigenvalue weighted by atomic mass is 16.4. The zero-order chi connectivity index (χ0) is 8.97. The summed E-state index contributed by atoms with van der Waals surface area (Å²) in [7, 11) is 0. The summed E-state index contributed by atoms with van der Waals surface area (Å²) in [5, 5.41) is 10.5. The Hall–Kier alpha value is -1.06. The van der Waals surface area contributed by atoms with Crippen molar-refractivity contribution < 1.29 is 14.7 Å². The van der Waals surface area contributed by atoms with E-state index in [1.807, 2.05) is 0 Å². The predicted octanol–water partition coefficient (Wildman–Crippen LogP) is 1.01. The minimum absolute atomic E-state index is 0.507. The van der Waals surface area contributed by atoms with Crippen LogP contribution in [0.2, 0.25) is 0 Å². The van der Waals surface area contributed by atoms with Gasteiger partial charge in [-0.2, -0.15) is 0 Å². The van der Waals surface area contributed by atoms with Gasteiger partial charge in [-0.05, 0) is 12.3 Å². The monoisotopic (exact) mass is 171 g/mol. The molecule has 1 amide bonds. The van der Waals surface area contributed by atoms with Gasteiger partial charge in [0, 0.05) is 0 Å². The Morgan fingerprint density at radius 1 is 1.67 bits per heavy atom. The van der Waals surface area contributed by atoms with Gasteiger partial charge in [-0.1, -0.05) is 19.3 Å². The molecule has 0 heterocycles. The van der Waals surface area contributed by atoms with Crippen molar-refractivity contribution in [1.82, 2.24) is 5.32 Å². The van der Waals surface area contributed by atoms with Crippen LogP contribution in [0.1, 0.15) is 25.7 Å². The summed E-state index contributed by atoms with van der Waals surface area (Å²) in [4.78, 5) is 20.6. The Bertz CT molecular complexity index is 177. The summed E-state index contributed by atoms with van der Waals surface area (Å²) in [6.07, 6.45) is 3.69. The maximum Gasteiger partial charge on any atom is 0.405 e. The van der Waals surface area contributed by atoms with Crippen LogP contribution in [0.15, 0.2) is 0 Å². The summed E-state index contributed by atoms with van der Waals surface area (Å²) in [6, 6.07) is -0.507. The number of carboxylic acid groups (broad SMARTS) is 1. The van der Waals surface area contributed by atoms with Crippen LogP contribution in [0.5, 0.6) is 0 Å². The lowest BCUT2D eigenvalue weighted by Gasteiger charge is -2.27. The number of rotatable bonds is 4. The third-order valence-corrected chi connectivity index (χ3v) is 2.29. The van der Waals surface area contributed by atoms with E-state index < -0.39 is 12.1 Å². The van der Waals surface area contributed by atoms with Crippen LogP contribution >= 0.6 is 0 Å². The minimum atomic E-state index is -1.12. The number of aldehydes is 1. The van der Waals surface area contributed by atoms with Crippen LogP contribution < -0.4 is 5.32 Å². The Morgan fingerprint density at radius 2 is 2.33 bits per heavy atom. The topological polar surface area (TPSA) is 66.4 Å². The Kier molecular flexibility index (Phi) is 3.08. The SMILES string of the molecule is O=CC(CC1CCC1)NC(=O)O. The fourth-order valence-corrected chi connectivity index (χ4v) is 1.39. The van der Waals surface area contributed by atoms with E-state index in [4.69, 9.17) is 5.11 Å². The highest BCUT2D eigenvalue weighted by Gasteiger charge is 2.22. The second-order valence-corrected chi connectivity index (χ2v) is 3.22. The van der Waals surface area contributed by atoms with Crippen molar-refractivity contribution in [1.29, 1.82) is 0 Å². The predicted molar refractivity (Wildman–Crippen MR) is 43.0 cm³/mol. The van der Waals surface area contributed by atoms with Crippen molar-refractivity contribution in [2.75, 3.05) is 0 Å². The van der Waals surface area contributed by atoms with Gasteiger partial charge in [0.2, 0.25) is 0 Å². The van der Waals surface area contributed by atoms with Crippen molar-refractivity contribution in [2.45, 2.75) is 31.7 Å². The van der Waals surface area contributed by atoms with Crippen LogP contribution in [-0.2, 0) is 4.79 Å². The van der Waals surface area contributed by atoms with E-state index in [1.54, 1.807) is 0 Å². The zero-order valence-electron chi connectivity index (χ0n) is 6.82. The molecule has 1 aliphatic carbocycles. The van der Waals surface area contributed by atoms with Crippen LogP contribution in [0.25, 0.3) is 0 Å². The van der Waals surface area contributed by atoms with E-state index in [0.29, 0.717) is 18.6 Å². The Balaban J connectivity index is 2.23. The maximum absolute atomic E-state index is 10.4. The second kappa shape index (κ2) is 4.09. The number of carbonyl (C=O) groups is 2. The molecule has 0 spiro atoms. The molecular weight excluding hydrogens is 158 g/mol. The number of nitrogens with one attached hydrogen (secondary N) is 1. The lowest BCUT2D eigenvalue weighted by atomic mass is 9.81. The van der Waals surface area contributed by atoms with E-state index in [-0.39, 0.29) is 0 Å². The fourth-order valence-electron chi connectivity index (χ4n) is 1.39. The molecule has 68 valence electrons. The van der Waals surface area contributed by atoms with E-state index in [2.05, 4.69) is 5.32 Å². The molecule has 4 heteroatoms. The molecule has 1 rings (SSSR count). The average Bonchev–Trinajstić information content (AvgIpc) is 1.93. The average molecular weight is 171 g/mol. The molecule has 0 saturated heterocycles. The number of hydrogen-bond acceptors (Lipinski definition) is 2. The standard InChI is InChI=1S/C8H13NO3/c10-5-7(9-8(11)12)4-6-2-1-3-6/h5-7,9H,1-4H2,(H,11,12). The van der Waals surface area contributed by atoms with Crippen LogP contribution in [0.4, 0.5) is 4.79 Å². The largest absolute Gasteiger partial charge is 0.465 e. The summed E-state index contributed by atoms with van der Waals surface area (Å²) in [6.45, 7) is 0. The lowest BCUT2D eigenvalue weighted by Crippen LogP contribution is -2.37. The van der Waals surface area contributed by atoms with E-state index in [1.165, 1.54) is 6.42 Å². The van der Waals surface area contributed by atoms with Crippen molar-refractivity contribution in [2.24, 2.45) is 5.92 Å². The first-order valence-electron chi connectivity index (χ1n) is 4.17. The zero-order valence-corrected chi connectivity index (χ0v) is 6.82. The van der Waals surface area contributed by atoms with Gasteiger partial charge < -0.3 is 15.2 Å². The van der Waals surface area contributed by atoms with Crippen molar-refractivity contribution in [3.8, 4) is 0 Å². The molecule has 0 aromatic heterocycles. The molecule has 1 fully saturated rings. The van der Waals surface area contributed by atoms with E-state index in [0.717, 1.165) is 12.8 Å². The fraction of sp³-hybridized carbons (Fsp3) is 0.750. The second-order valence-electron chi connectivity index (χ2n) is 3.22. The van der Waals surface area contributed by atoms with Gasteiger partial charge in [-0.3, -0.25) is 0 Å². The molecule has 1 atom stereocenters. The van der Waals surface area contributed by atoms with Crippen LogP contribution in [-0.4, -0.2) is 23.5 Å². The number of carbonyl (C=O) groups excluding carboxylic acids is 1. The summed E-state index contributed by atoms with van der Waals surface area (Å²) < 4.78 is 0. The normalized spacial score (nSPS) is 19.3. The first-order valence-corrected chi connectivity index (χ1v) is 4.17. The molecule has 0 aromatic rings. The molecular formula is C8H13NO3. The van der Waals surface area contributed by atoms with Gasteiger partial charge in [0.1, 0.15) is 6.29 Å². The van der Waals surface area contributed by atoms with Gasteiger partial charge in [0.15, 0.2) is 0 Å². The third kappa shape index (κ3) is 2.53. The lowest BCUT2D eigenvalue weighted by molar-refractivity contribution is -0.110. The number of hydrogen-bond donors (Lipinski definition) is 2. The number of amides is 1. The maximum atomic E-state index is 10.4. The highest BCUT2D eigenvalue weighted by molar-refractivity contribution is 5.71. The molecule has 2 N–H and O–H groups in total. The molecule has 0 aliphatic heterocycles. The molecule has 0 aromatic carbocycles. The molecule has 0 radical (unpaired) electrons. The van der Waals surface area contributed by atoms with Gasteiger partial charge in [-0.15, -0.1) is 0 Å². The van der Waals surface area contributed by atoms with E-state index in [9.17, 15) is 9.59 Å². The van der Waals surface area contributed by atoms with Crippen molar-refractivity contribution in [3.63, 3.8) is 0 Å². The smallest absolute Gasteiger partial charge is 0.405 e. The molecule has 1 unspecified atom stereocenters. The van der Waals surface area contributed by atoms with Gasteiger partial charge in [0.05, 0.1) is 6.04 Å². The first kappa shape index (κ1) is 9.03. The van der Waals surface area contributed by atoms with Gasteiger partial charge >= 0.3 is 6.09 Å². The third-order valence-electron chi connectivity index (χ3n) is 2.29. The van der Waals surface area contributed by atoms with Crippen molar-refractivity contribution in [3.05, 3.63) is 0 Å². The quantitative estimate of drug-likeness (QED) is 0.620. The molecule has 0 bridgehead atoms. The summed E-state index contributed by atoms with van der Waals surface area (Å²) >= 11 is 0. The molecule has 12 heavy (non-hydrogen) atoms. The molecule has 1 aliphatic rings. The molecule has 4 nitrogen and oxygen atoms in total. The molecule has 1 saturated carbocycles. The first-order chi connectivity index (χ1) is 5.72. The van der Waals surface area contributed by atoms with Gasteiger partial charge in [0.25, 0.3) is 0 Å². The van der Waals surface area contributed by atoms with Crippen LogP contribution in [0.3, 0.4) is 0 Å². The minimum Gasteiger partial charge on any atom is -0.465 e. The van der Waals surface area contributed by atoms with E-state index >= 15 is 0 Å². The summed E-state index contributed by atoms with van der Waals surface area (Å²) in [5.41, 5.74) is 0. The van der Waals surface area contributed by atoms with Gasteiger partial charge in [-0.25, -0.2) is 4.79 Å².